The summed E-state index contributed by atoms with van der Waals surface area (Å²) in [5.41, 5.74) is 2.43. The number of benzene rings is 1. The van der Waals surface area contributed by atoms with E-state index in [4.69, 9.17) is 0 Å². The molecule has 106 valence electrons. The average Bonchev–Trinajstić information content (AvgIpc) is 2.47. The first kappa shape index (κ1) is 12.2. The highest BCUT2D eigenvalue weighted by atomic mass is 16.3. The number of fused-ring (bicyclic) bond motifs is 4. The van der Waals surface area contributed by atoms with Gasteiger partial charge in [0.05, 0.1) is 12.0 Å². The van der Waals surface area contributed by atoms with Gasteiger partial charge in [0.2, 0.25) is 5.91 Å². The lowest BCUT2D eigenvalue weighted by atomic mass is 9.77. The van der Waals surface area contributed by atoms with Crippen LogP contribution in [0.3, 0.4) is 0 Å². The van der Waals surface area contributed by atoms with Crippen LogP contribution in [0.5, 0.6) is 5.75 Å². The number of nitrogens with zero attached hydrogens (tertiary/aromatic N) is 1. The molecule has 3 aliphatic heterocycles. The maximum Gasteiger partial charge on any atom is 0.227 e. The van der Waals surface area contributed by atoms with Crippen molar-refractivity contribution in [2.24, 2.45) is 5.92 Å². The third kappa shape index (κ3) is 1.74. The Kier molecular flexibility index (Phi) is 2.74. The molecule has 0 saturated carbocycles. The maximum atomic E-state index is 12.7. The van der Waals surface area contributed by atoms with Crippen molar-refractivity contribution in [1.82, 2.24) is 10.2 Å². The fourth-order valence-corrected chi connectivity index (χ4v) is 4.17. The number of carbonyl (C=O) groups is 1. The Hall–Kier alpha value is -1.55. The topological polar surface area (TPSA) is 52.6 Å². The summed E-state index contributed by atoms with van der Waals surface area (Å²) >= 11 is 0. The second-order valence-corrected chi connectivity index (χ2v) is 6.23. The van der Waals surface area contributed by atoms with Gasteiger partial charge in [0.1, 0.15) is 5.75 Å². The van der Waals surface area contributed by atoms with Gasteiger partial charge in [0.15, 0.2) is 0 Å². The molecule has 0 bridgehead atoms. The van der Waals surface area contributed by atoms with Crippen LogP contribution < -0.4 is 5.32 Å². The summed E-state index contributed by atoms with van der Waals surface area (Å²) in [4.78, 5) is 14.8. The molecule has 1 aromatic carbocycles. The molecule has 4 rings (SSSR count). The van der Waals surface area contributed by atoms with Crippen LogP contribution in [0.1, 0.15) is 36.4 Å². The number of phenols is 1. The molecule has 3 aliphatic rings. The summed E-state index contributed by atoms with van der Waals surface area (Å²) in [6.07, 6.45) is 4.00. The molecule has 1 aromatic rings. The predicted molar refractivity (Wildman–Crippen MR) is 75.4 cm³/mol. The number of carbonyl (C=O) groups excluding carboxylic acids is 1. The molecule has 0 aliphatic carbocycles. The summed E-state index contributed by atoms with van der Waals surface area (Å²) < 4.78 is 0. The Morgan fingerprint density at radius 1 is 1.35 bits per heavy atom. The van der Waals surface area contributed by atoms with E-state index in [-0.39, 0.29) is 12.0 Å². The van der Waals surface area contributed by atoms with Crippen molar-refractivity contribution in [3.63, 3.8) is 0 Å². The second kappa shape index (κ2) is 4.48. The normalized spacial score (nSPS) is 32.3. The van der Waals surface area contributed by atoms with Crippen LogP contribution in [0.15, 0.2) is 18.2 Å². The lowest BCUT2D eigenvalue weighted by molar-refractivity contribution is -0.145. The van der Waals surface area contributed by atoms with Gasteiger partial charge < -0.3 is 15.3 Å². The van der Waals surface area contributed by atoms with E-state index in [9.17, 15) is 9.90 Å². The van der Waals surface area contributed by atoms with E-state index < -0.39 is 0 Å². The molecule has 3 atom stereocenters. The number of nitrogens with one attached hydrogen (secondary N) is 1. The minimum absolute atomic E-state index is 0.179. The van der Waals surface area contributed by atoms with Crippen molar-refractivity contribution in [1.29, 1.82) is 0 Å². The smallest absolute Gasteiger partial charge is 0.227 e. The number of amides is 1. The Balaban J connectivity index is 1.71. The highest BCUT2D eigenvalue weighted by Gasteiger charge is 2.44. The van der Waals surface area contributed by atoms with Gasteiger partial charge in [-0.2, -0.15) is 0 Å². The fraction of sp³-hybridized carbons (Fsp3) is 0.562. The largest absolute Gasteiger partial charge is 0.508 e. The quantitative estimate of drug-likeness (QED) is 0.754. The molecule has 1 amide bonds. The minimum atomic E-state index is 0.179. The number of piperidine rings is 2. The van der Waals surface area contributed by atoms with E-state index >= 15 is 0 Å². The van der Waals surface area contributed by atoms with Gasteiger partial charge in [0.25, 0.3) is 0 Å². The zero-order valence-electron chi connectivity index (χ0n) is 11.5. The molecule has 2 fully saturated rings. The summed E-state index contributed by atoms with van der Waals surface area (Å²) in [7, 11) is 0. The molecular formula is C16H20N2O2. The van der Waals surface area contributed by atoms with Crippen LogP contribution in [-0.2, 0) is 11.2 Å². The second-order valence-electron chi connectivity index (χ2n) is 6.23. The maximum absolute atomic E-state index is 12.7. The monoisotopic (exact) mass is 272 g/mol. The summed E-state index contributed by atoms with van der Waals surface area (Å²) in [5.74, 6) is 0.837. The van der Waals surface area contributed by atoms with E-state index in [0.717, 1.165) is 38.8 Å². The first-order valence-corrected chi connectivity index (χ1v) is 7.60. The minimum Gasteiger partial charge on any atom is -0.508 e. The first-order valence-electron chi connectivity index (χ1n) is 7.60. The number of hydrogen-bond donors (Lipinski definition) is 2. The van der Waals surface area contributed by atoms with Crippen molar-refractivity contribution in [3.8, 4) is 5.75 Å². The fourth-order valence-electron chi connectivity index (χ4n) is 4.17. The van der Waals surface area contributed by atoms with Gasteiger partial charge in [-0.25, -0.2) is 0 Å². The number of aromatic hydroxyl groups is 1. The van der Waals surface area contributed by atoms with Crippen LogP contribution in [0.25, 0.3) is 0 Å². The Labute approximate surface area is 118 Å². The van der Waals surface area contributed by atoms with Gasteiger partial charge in [-0.1, -0.05) is 6.07 Å². The third-order valence-corrected chi connectivity index (χ3v) is 5.15. The summed E-state index contributed by atoms with van der Waals surface area (Å²) in [5, 5.41) is 13.2. The van der Waals surface area contributed by atoms with Gasteiger partial charge in [-0.15, -0.1) is 0 Å². The zero-order valence-corrected chi connectivity index (χ0v) is 11.5. The summed E-state index contributed by atoms with van der Waals surface area (Å²) in [6.45, 7) is 1.83. The van der Waals surface area contributed by atoms with E-state index in [1.165, 1.54) is 11.1 Å². The zero-order chi connectivity index (χ0) is 13.7. The predicted octanol–water partition coefficient (Wildman–Crippen LogP) is 1.59. The van der Waals surface area contributed by atoms with E-state index in [2.05, 4.69) is 10.2 Å². The van der Waals surface area contributed by atoms with Crippen molar-refractivity contribution < 1.29 is 9.90 Å². The van der Waals surface area contributed by atoms with E-state index in [0.29, 0.717) is 17.7 Å². The molecule has 20 heavy (non-hydrogen) atoms. The van der Waals surface area contributed by atoms with E-state index in [1.807, 2.05) is 12.1 Å². The van der Waals surface area contributed by atoms with Crippen LogP contribution in [-0.4, -0.2) is 35.0 Å². The molecular weight excluding hydrogens is 252 g/mol. The van der Waals surface area contributed by atoms with Gasteiger partial charge in [-0.3, -0.25) is 4.79 Å². The lowest BCUT2D eigenvalue weighted by Crippen LogP contribution is -2.57. The first-order chi connectivity index (χ1) is 9.74. The van der Waals surface area contributed by atoms with Crippen molar-refractivity contribution in [3.05, 3.63) is 29.3 Å². The Bertz CT molecular complexity index is 557. The highest BCUT2D eigenvalue weighted by molar-refractivity contribution is 5.81. The molecule has 4 heteroatoms. The molecule has 2 saturated heterocycles. The van der Waals surface area contributed by atoms with Crippen molar-refractivity contribution in [2.45, 2.75) is 37.8 Å². The Morgan fingerprint density at radius 2 is 2.25 bits per heavy atom. The van der Waals surface area contributed by atoms with Crippen LogP contribution in [0.2, 0.25) is 0 Å². The molecule has 3 unspecified atom stereocenters. The van der Waals surface area contributed by atoms with Gasteiger partial charge in [0, 0.05) is 12.6 Å². The van der Waals surface area contributed by atoms with Crippen molar-refractivity contribution in [2.75, 3.05) is 13.1 Å². The Morgan fingerprint density at radius 3 is 3.15 bits per heavy atom. The standard InChI is InChI=1S/C16H20N2O2/c19-11-3-4-12-10(8-11)5-7-18-15(12)9-14-13(16(18)20)2-1-6-17-14/h3-4,8,13-15,17,19H,1-2,5-7,9H2. The number of phenolic OH excluding ortho intramolecular Hbond substituents is 1. The molecule has 4 nitrogen and oxygen atoms in total. The summed E-state index contributed by atoms with van der Waals surface area (Å²) in [6, 6.07) is 6.12. The van der Waals surface area contributed by atoms with Crippen molar-refractivity contribution >= 4 is 5.91 Å². The molecule has 2 N–H and O–H groups in total. The number of hydrogen-bond acceptors (Lipinski definition) is 3. The molecule has 0 radical (unpaired) electrons. The lowest BCUT2D eigenvalue weighted by Gasteiger charge is -2.48. The van der Waals surface area contributed by atoms with Gasteiger partial charge in [-0.05, 0) is 55.5 Å². The average molecular weight is 272 g/mol. The van der Waals surface area contributed by atoms with Crippen LogP contribution in [0, 0.1) is 5.92 Å². The third-order valence-electron chi connectivity index (χ3n) is 5.15. The van der Waals surface area contributed by atoms with Crippen LogP contribution in [0.4, 0.5) is 0 Å². The number of rotatable bonds is 0. The van der Waals surface area contributed by atoms with E-state index in [1.54, 1.807) is 6.07 Å². The van der Waals surface area contributed by atoms with Crippen LogP contribution >= 0.6 is 0 Å². The molecule has 3 heterocycles. The molecule has 0 aromatic heterocycles. The van der Waals surface area contributed by atoms with Gasteiger partial charge >= 0.3 is 0 Å². The SMILES string of the molecule is O=C1C2CCCNC2CC2c3ccc(O)cc3CCN12. The molecule has 0 spiro atoms. The highest BCUT2D eigenvalue weighted by Crippen LogP contribution is 2.41.